The first kappa shape index (κ1) is 19.9. The first-order chi connectivity index (χ1) is 11.1. The molecule has 0 aromatic carbocycles. The number of likely N-dealkylation sites (tertiary alicyclic amines) is 1. The highest BCUT2D eigenvalue weighted by atomic mass is 127. The quantitative estimate of drug-likeness (QED) is 0.401. The van der Waals surface area contributed by atoms with E-state index in [9.17, 15) is 0 Å². The lowest BCUT2D eigenvalue weighted by atomic mass is 10.2. The summed E-state index contributed by atoms with van der Waals surface area (Å²) in [7, 11) is 0. The van der Waals surface area contributed by atoms with E-state index in [0.717, 1.165) is 35.8 Å². The molecular formula is C17H30IN5S. The van der Waals surface area contributed by atoms with Gasteiger partial charge in [0.15, 0.2) is 5.96 Å². The molecule has 2 aliphatic rings. The van der Waals surface area contributed by atoms with Crippen molar-refractivity contribution in [3.63, 3.8) is 0 Å². The second kappa shape index (κ2) is 8.80. The third kappa shape index (κ3) is 5.05. The Labute approximate surface area is 166 Å². The molecule has 7 heteroatoms. The summed E-state index contributed by atoms with van der Waals surface area (Å²) in [5.74, 6) is 0.924. The van der Waals surface area contributed by atoms with Crippen molar-refractivity contribution in [2.45, 2.75) is 71.6 Å². The number of aliphatic imine (C=N–C) groups is 1. The third-order valence-corrected chi connectivity index (χ3v) is 5.83. The predicted octanol–water partition coefficient (Wildman–Crippen LogP) is 3.06. The Morgan fingerprint density at radius 1 is 1.38 bits per heavy atom. The topological polar surface area (TPSA) is 52.6 Å². The number of aryl methyl sites for hydroxylation is 2. The van der Waals surface area contributed by atoms with Crippen molar-refractivity contribution in [1.29, 1.82) is 0 Å². The van der Waals surface area contributed by atoms with E-state index >= 15 is 0 Å². The van der Waals surface area contributed by atoms with Gasteiger partial charge in [-0.3, -0.25) is 4.90 Å². The Hall–Kier alpha value is -0.410. The van der Waals surface area contributed by atoms with Crippen LogP contribution in [0.15, 0.2) is 4.99 Å². The molecule has 2 unspecified atom stereocenters. The summed E-state index contributed by atoms with van der Waals surface area (Å²) in [6.45, 7) is 11.3. The fourth-order valence-corrected chi connectivity index (χ4v) is 4.20. The lowest BCUT2D eigenvalue weighted by Crippen LogP contribution is -2.44. The van der Waals surface area contributed by atoms with Crippen LogP contribution in [0.4, 0.5) is 0 Å². The minimum absolute atomic E-state index is 0. The van der Waals surface area contributed by atoms with E-state index in [-0.39, 0.29) is 24.0 Å². The van der Waals surface area contributed by atoms with Gasteiger partial charge in [-0.1, -0.05) is 0 Å². The molecule has 136 valence electrons. The number of halogens is 1. The van der Waals surface area contributed by atoms with Crippen LogP contribution in [0.5, 0.6) is 0 Å². The predicted molar refractivity (Wildman–Crippen MR) is 113 cm³/mol. The van der Waals surface area contributed by atoms with Crippen molar-refractivity contribution in [3.05, 3.63) is 15.6 Å². The van der Waals surface area contributed by atoms with Gasteiger partial charge >= 0.3 is 0 Å². The number of aromatic nitrogens is 1. The number of nitrogens with zero attached hydrogens (tertiary/aromatic N) is 3. The van der Waals surface area contributed by atoms with Crippen molar-refractivity contribution in [1.82, 2.24) is 20.5 Å². The third-order valence-electron chi connectivity index (χ3n) is 4.77. The zero-order chi connectivity index (χ0) is 16.4. The molecule has 0 bridgehead atoms. The van der Waals surface area contributed by atoms with Crippen molar-refractivity contribution < 1.29 is 0 Å². The summed E-state index contributed by atoms with van der Waals surface area (Å²) in [6, 6.07) is 2.04. The van der Waals surface area contributed by atoms with Crippen LogP contribution < -0.4 is 10.6 Å². The van der Waals surface area contributed by atoms with Gasteiger partial charge in [0.25, 0.3) is 0 Å². The first-order valence-electron chi connectivity index (χ1n) is 8.80. The minimum atomic E-state index is 0. The van der Waals surface area contributed by atoms with E-state index < -0.39 is 0 Å². The number of hydrogen-bond acceptors (Lipinski definition) is 4. The van der Waals surface area contributed by atoms with Crippen LogP contribution >= 0.6 is 35.3 Å². The van der Waals surface area contributed by atoms with Gasteiger partial charge in [-0.05, 0) is 47.0 Å². The second-order valence-corrected chi connectivity index (χ2v) is 8.09. The van der Waals surface area contributed by atoms with Crippen molar-refractivity contribution in [2.24, 2.45) is 4.99 Å². The SMILES string of the molecule is CCNC(=NCc1nc(C)c(C)s1)NC1CC(C)N(C2CC2)C1.I. The van der Waals surface area contributed by atoms with Gasteiger partial charge in [-0.15, -0.1) is 35.3 Å². The fraction of sp³-hybridized carbons (Fsp3) is 0.765. The molecule has 1 saturated heterocycles. The van der Waals surface area contributed by atoms with Gasteiger partial charge in [0.2, 0.25) is 0 Å². The van der Waals surface area contributed by atoms with Gasteiger partial charge in [-0.25, -0.2) is 9.98 Å². The zero-order valence-electron chi connectivity index (χ0n) is 15.1. The molecule has 2 fully saturated rings. The van der Waals surface area contributed by atoms with E-state index in [1.165, 1.54) is 24.1 Å². The lowest BCUT2D eigenvalue weighted by Gasteiger charge is -2.20. The van der Waals surface area contributed by atoms with E-state index in [2.05, 4.69) is 48.2 Å². The molecule has 1 aromatic rings. The Balaban J connectivity index is 0.00000208. The largest absolute Gasteiger partial charge is 0.357 e. The van der Waals surface area contributed by atoms with Gasteiger partial charge in [0.05, 0.1) is 12.2 Å². The summed E-state index contributed by atoms with van der Waals surface area (Å²) in [4.78, 5) is 13.3. The first-order valence-corrected chi connectivity index (χ1v) is 9.62. The number of hydrogen-bond donors (Lipinski definition) is 2. The van der Waals surface area contributed by atoms with Crippen LogP contribution in [0, 0.1) is 13.8 Å². The van der Waals surface area contributed by atoms with Crippen LogP contribution in [0.1, 0.15) is 48.7 Å². The Kier molecular flexibility index (Phi) is 7.30. The maximum Gasteiger partial charge on any atom is 0.191 e. The molecule has 0 spiro atoms. The van der Waals surface area contributed by atoms with Crippen molar-refractivity contribution in [3.8, 4) is 0 Å². The maximum atomic E-state index is 4.74. The minimum Gasteiger partial charge on any atom is -0.357 e. The molecular weight excluding hydrogens is 433 g/mol. The van der Waals surface area contributed by atoms with E-state index in [0.29, 0.717) is 18.6 Å². The highest BCUT2D eigenvalue weighted by Gasteiger charge is 2.38. The van der Waals surface area contributed by atoms with Crippen molar-refractivity contribution >= 4 is 41.3 Å². The van der Waals surface area contributed by atoms with Crippen LogP contribution in [-0.4, -0.2) is 47.1 Å². The number of thiazole rings is 1. The molecule has 0 radical (unpaired) electrons. The number of nitrogens with one attached hydrogen (secondary N) is 2. The maximum absolute atomic E-state index is 4.74. The average Bonchev–Trinajstić information content (AvgIpc) is 3.21. The summed E-state index contributed by atoms with van der Waals surface area (Å²) in [5, 5.41) is 8.09. The summed E-state index contributed by atoms with van der Waals surface area (Å²) in [6.07, 6.45) is 3.97. The molecule has 2 N–H and O–H groups in total. The molecule has 0 amide bonds. The normalized spacial score (nSPS) is 24.8. The number of rotatable bonds is 5. The second-order valence-electron chi connectivity index (χ2n) is 6.80. The zero-order valence-corrected chi connectivity index (χ0v) is 18.3. The smallest absolute Gasteiger partial charge is 0.191 e. The van der Waals surface area contributed by atoms with E-state index in [4.69, 9.17) is 4.99 Å². The molecule has 1 saturated carbocycles. The van der Waals surface area contributed by atoms with Crippen molar-refractivity contribution in [2.75, 3.05) is 13.1 Å². The Bertz CT molecular complexity index is 550. The van der Waals surface area contributed by atoms with Gasteiger partial charge < -0.3 is 10.6 Å². The summed E-state index contributed by atoms with van der Waals surface area (Å²) >= 11 is 1.75. The van der Waals surface area contributed by atoms with Gasteiger partial charge in [0.1, 0.15) is 5.01 Å². The molecule has 1 aliphatic carbocycles. The molecule has 3 rings (SSSR count). The lowest BCUT2D eigenvalue weighted by molar-refractivity contribution is 0.256. The monoisotopic (exact) mass is 463 g/mol. The molecule has 1 aliphatic heterocycles. The molecule has 2 atom stereocenters. The van der Waals surface area contributed by atoms with Crippen LogP contribution in [0.3, 0.4) is 0 Å². The molecule has 2 heterocycles. The molecule has 24 heavy (non-hydrogen) atoms. The van der Waals surface area contributed by atoms with Crippen LogP contribution in [0.25, 0.3) is 0 Å². The molecule has 1 aromatic heterocycles. The number of guanidine groups is 1. The Morgan fingerprint density at radius 2 is 2.12 bits per heavy atom. The highest BCUT2D eigenvalue weighted by Crippen LogP contribution is 2.33. The van der Waals surface area contributed by atoms with Crippen LogP contribution in [-0.2, 0) is 6.54 Å². The van der Waals surface area contributed by atoms with E-state index in [1.807, 2.05) is 0 Å². The fourth-order valence-electron chi connectivity index (χ4n) is 3.34. The Morgan fingerprint density at radius 3 is 2.71 bits per heavy atom. The average molecular weight is 463 g/mol. The van der Waals surface area contributed by atoms with E-state index in [1.54, 1.807) is 11.3 Å². The summed E-state index contributed by atoms with van der Waals surface area (Å²) < 4.78 is 0. The highest BCUT2D eigenvalue weighted by molar-refractivity contribution is 14.0. The van der Waals surface area contributed by atoms with Gasteiger partial charge in [0, 0.05) is 36.1 Å². The standard InChI is InChI=1S/C17H29N5S.HI/c1-5-18-17(19-9-16-20-12(3)13(4)23-16)21-14-8-11(2)22(10-14)15-6-7-15;/h11,14-15H,5-10H2,1-4H3,(H2,18,19,21);1H. The molecule has 5 nitrogen and oxygen atoms in total. The van der Waals surface area contributed by atoms with Gasteiger partial charge in [-0.2, -0.15) is 0 Å². The summed E-state index contributed by atoms with van der Waals surface area (Å²) in [5.41, 5.74) is 1.13. The van der Waals surface area contributed by atoms with Crippen LogP contribution in [0.2, 0.25) is 0 Å².